The number of carbonyl (C=O) groups is 1. The number of primary amides is 1. The third-order valence-corrected chi connectivity index (χ3v) is 3.57. The highest BCUT2D eigenvalue weighted by Crippen LogP contribution is 2.60. The molecule has 0 radical (unpaired) electrons. The number of amides is 1. The van der Waals surface area contributed by atoms with Gasteiger partial charge in [0, 0.05) is 15.6 Å². The Hall–Kier alpha value is -0.820. The van der Waals surface area contributed by atoms with Crippen molar-refractivity contribution in [1.82, 2.24) is 0 Å². The molecule has 0 spiro atoms. The quantitative estimate of drug-likeness (QED) is 0.736. The maximum Gasteiger partial charge on any atom is 0.399 e. The number of hydrogen-bond acceptors (Lipinski definition) is 2. The molecule has 0 atom stereocenters. The van der Waals surface area contributed by atoms with Gasteiger partial charge in [0.15, 0.2) is 0 Å². The van der Waals surface area contributed by atoms with Gasteiger partial charge in [-0.3, -0.25) is 9.36 Å². The van der Waals surface area contributed by atoms with E-state index in [-0.39, 0.29) is 10.0 Å². The molecule has 0 bridgehead atoms. The van der Waals surface area contributed by atoms with Crippen molar-refractivity contribution in [2.45, 2.75) is 5.66 Å². The number of carbonyl (C=O) groups excluding carboxylic acids is 1. The van der Waals surface area contributed by atoms with Gasteiger partial charge in [0.25, 0.3) is 0 Å². The first-order chi connectivity index (χ1) is 7.57. The van der Waals surface area contributed by atoms with Crippen molar-refractivity contribution < 1.29 is 27.9 Å². The lowest BCUT2D eigenvalue weighted by molar-refractivity contribution is 0.0557. The molecule has 0 aliphatic heterocycles. The fourth-order valence-corrected chi connectivity index (χ4v) is 2.36. The van der Waals surface area contributed by atoms with Crippen molar-refractivity contribution in [3.05, 3.63) is 33.8 Å². The summed E-state index contributed by atoms with van der Waals surface area (Å²) in [4.78, 5) is 27.9. The minimum Gasteiger partial charge on any atom is -0.366 e. The van der Waals surface area contributed by atoms with Gasteiger partial charge in [0.05, 0.1) is 0 Å². The van der Waals surface area contributed by atoms with E-state index in [2.05, 4.69) is 15.9 Å². The summed E-state index contributed by atoms with van der Waals surface area (Å²) in [6.07, 6.45) is 0. The van der Waals surface area contributed by atoms with Crippen molar-refractivity contribution >= 4 is 29.4 Å². The number of alkyl halides is 2. The first-order valence-corrected chi connectivity index (χ1v) is 6.51. The van der Waals surface area contributed by atoms with E-state index in [0.717, 1.165) is 18.2 Å². The van der Waals surface area contributed by atoms with Crippen LogP contribution in [-0.2, 0) is 10.2 Å². The average molecular weight is 330 g/mol. The first kappa shape index (κ1) is 14.2. The number of rotatable bonds is 3. The van der Waals surface area contributed by atoms with E-state index in [9.17, 15) is 18.1 Å². The van der Waals surface area contributed by atoms with Crippen LogP contribution in [-0.4, -0.2) is 15.7 Å². The molecule has 0 aliphatic rings. The van der Waals surface area contributed by atoms with Gasteiger partial charge in [-0.15, -0.1) is 0 Å². The van der Waals surface area contributed by atoms with Crippen molar-refractivity contribution in [3.8, 4) is 0 Å². The minimum atomic E-state index is -5.64. The number of halogens is 3. The van der Waals surface area contributed by atoms with Crippen LogP contribution in [0, 0.1) is 0 Å². The number of hydrogen-bond donors (Lipinski definition) is 3. The first-order valence-electron chi connectivity index (χ1n) is 4.10. The van der Waals surface area contributed by atoms with E-state index < -0.39 is 24.7 Å². The van der Waals surface area contributed by atoms with Crippen molar-refractivity contribution in [2.24, 2.45) is 5.73 Å². The third kappa shape index (κ3) is 2.71. The Morgan fingerprint density at radius 3 is 2.29 bits per heavy atom. The van der Waals surface area contributed by atoms with Gasteiger partial charge >= 0.3 is 13.3 Å². The van der Waals surface area contributed by atoms with Crippen molar-refractivity contribution in [3.63, 3.8) is 0 Å². The van der Waals surface area contributed by atoms with Crippen LogP contribution in [0.4, 0.5) is 8.78 Å². The minimum absolute atomic E-state index is 0.0536. The van der Waals surface area contributed by atoms with Crippen molar-refractivity contribution in [1.29, 1.82) is 0 Å². The summed E-state index contributed by atoms with van der Waals surface area (Å²) in [6.45, 7) is 0. The Morgan fingerprint density at radius 2 is 1.94 bits per heavy atom. The van der Waals surface area contributed by atoms with Crippen LogP contribution < -0.4 is 5.73 Å². The smallest absolute Gasteiger partial charge is 0.366 e. The third-order valence-electron chi connectivity index (χ3n) is 1.94. The largest absolute Gasteiger partial charge is 0.399 e. The topological polar surface area (TPSA) is 101 Å². The predicted octanol–water partition coefficient (Wildman–Crippen LogP) is 1.78. The zero-order valence-corrected chi connectivity index (χ0v) is 10.6. The van der Waals surface area contributed by atoms with E-state index in [1.165, 1.54) is 0 Å². The molecule has 0 fully saturated rings. The molecule has 4 N–H and O–H groups in total. The van der Waals surface area contributed by atoms with Crippen LogP contribution >= 0.6 is 23.5 Å². The Morgan fingerprint density at radius 1 is 1.41 bits per heavy atom. The van der Waals surface area contributed by atoms with Crippen LogP contribution in [0.15, 0.2) is 22.7 Å². The maximum atomic E-state index is 13.3. The Balaban J connectivity index is 3.35. The summed E-state index contributed by atoms with van der Waals surface area (Å²) in [6, 6.07) is 2.68. The van der Waals surface area contributed by atoms with Crippen LogP contribution in [0.25, 0.3) is 0 Å². The zero-order valence-electron chi connectivity index (χ0n) is 8.10. The van der Waals surface area contributed by atoms with Crippen LogP contribution in [0.3, 0.4) is 0 Å². The maximum absolute atomic E-state index is 13.3. The molecule has 0 aromatic heterocycles. The molecule has 1 aromatic carbocycles. The lowest BCUT2D eigenvalue weighted by Gasteiger charge is -2.19. The molecule has 0 heterocycles. The Bertz CT molecular complexity index is 516. The Labute approximate surface area is 103 Å². The highest BCUT2D eigenvalue weighted by molar-refractivity contribution is 9.10. The average Bonchev–Trinajstić information content (AvgIpc) is 2.15. The van der Waals surface area contributed by atoms with Gasteiger partial charge in [0.2, 0.25) is 5.91 Å². The Kier molecular flexibility index (Phi) is 3.73. The van der Waals surface area contributed by atoms with E-state index >= 15 is 0 Å². The van der Waals surface area contributed by atoms with E-state index in [1.54, 1.807) is 0 Å². The second-order valence-corrected chi connectivity index (χ2v) is 5.65. The highest BCUT2D eigenvalue weighted by atomic mass is 79.9. The lowest BCUT2D eigenvalue weighted by atomic mass is 10.1. The summed E-state index contributed by atoms with van der Waals surface area (Å²) < 4.78 is 37.0. The molecule has 9 heteroatoms. The van der Waals surface area contributed by atoms with Gasteiger partial charge in [0.1, 0.15) is 0 Å². The molecule has 1 amide bonds. The van der Waals surface area contributed by atoms with Gasteiger partial charge in [-0.05, 0) is 12.1 Å². The molecule has 17 heavy (non-hydrogen) atoms. The lowest BCUT2D eigenvalue weighted by Crippen LogP contribution is -2.16. The van der Waals surface area contributed by atoms with E-state index in [1.807, 2.05) is 0 Å². The van der Waals surface area contributed by atoms with Gasteiger partial charge in [-0.25, -0.2) is 0 Å². The summed E-state index contributed by atoms with van der Waals surface area (Å²) in [5.41, 5.74) is -0.365. The molecule has 94 valence electrons. The predicted molar refractivity (Wildman–Crippen MR) is 58.6 cm³/mol. The monoisotopic (exact) mass is 329 g/mol. The molecule has 0 saturated heterocycles. The van der Waals surface area contributed by atoms with Gasteiger partial charge in [-0.2, -0.15) is 8.78 Å². The zero-order chi connectivity index (χ0) is 13.4. The van der Waals surface area contributed by atoms with Crippen LogP contribution in [0.2, 0.25) is 0 Å². The van der Waals surface area contributed by atoms with Gasteiger partial charge in [-0.1, -0.05) is 22.0 Å². The molecule has 1 rings (SSSR count). The molecule has 1 aromatic rings. The second-order valence-electron chi connectivity index (χ2n) is 3.14. The molecule has 5 nitrogen and oxygen atoms in total. The van der Waals surface area contributed by atoms with Crippen LogP contribution in [0.1, 0.15) is 15.9 Å². The second kappa shape index (κ2) is 4.45. The number of benzene rings is 1. The highest BCUT2D eigenvalue weighted by Gasteiger charge is 2.51. The molecule has 0 unspecified atom stereocenters. The normalized spacial score (nSPS) is 12.5. The molecular formula is C8H7BrF2NO4P. The molecule has 0 saturated carbocycles. The summed E-state index contributed by atoms with van der Waals surface area (Å²) in [5, 5.41) is 0. The number of nitrogens with two attached hydrogens (primary N) is 1. The van der Waals surface area contributed by atoms with Gasteiger partial charge < -0.3 is 15.5 Å². The van der Waals surface area contributed by atoms with E-state index in [0.29, 0.717) is 0 Å². The SMILES string of the molecule is NC(=O)c1ccc(C(F)(F)P(=O)(O)O)c(Br)c1. The van der Waals surface area contributed by atoms with E-state index in [4.69, 9.17) is 15.5 Å². The molecular weight excluding hydrogens is 323 g/mol. The summed E-state index contributed by atoms with van der Waals surface area (Å²) >= 11 is 2.71. The summed E-state index contributed by atoms with van der Waals surface area (Å²) in [7, 11) is -5.64. The fourth-order valence-electron chi connectivity index (χ4n) is 1.07. The fraction of sp³-hybridized carbons (Fsp3) is 0.125. The summed E-state index contributed by atoms with van der Waals surface area (Å²) in [5.74, 6) is -0.836. The van der Waals surface area contributed by atoms with Crippen LogP contribution in [0.5, 0.6) is 0 Å². The molecule has 0 aliphatic carbocycles. The van der Waals surface area contributed by atoms with Crippen molar-refractivity contribution in [2.75, 3.05) is 0 Å². The standard InChI is InChI=1S/C8H7BrF2NO4P/c9-6-3-4(7(12)13)1-2-5(6)8(10,11)17(14,15)16/h1-3H,(H2,12,13)(H2,14,15,16).